The fourth-order valence-corrected chi connectivity index (χ4v) is 8.21. The van der Waals surface area contributed by atoms with E-state index in [0.717, 1.165) is 69.6 Å². The summed E-state index contributed by atoms with van der Waals surface area (Å²) >= 11 is 0. The first kappa shape index (κ1) is 27.4. The van der Waals surface area contributed by atoms with E-state index in [2.05, 4.69) is 40.5 Å². The molecule has 3 aliphatic rings. The van der Waals surface area contributed by atoms with Crippen molar-refractivity contribution in [3.63, 3.8) is 0 Å². The van der Waals surface area contributed by atoms with E-state index in [9.17, 15) is 9.90 Å². The molecule has 0 unspecified atom stereocenters. The maximum absolute atomic E-state index is 16.3. The van der Waals surface area contributed by atoms with Crippen molar-refractivity contribution in [3.05, 3.63) is 89.1 Å². The zero-order valence-corrected chi connectivity index (χ0v) is 25.7. The molecule has 46 heavy (non-hydrogen) atoms. The van der Waals surface area contributed by atoms with Gasteiger partial charge in [0.2, 0.25) is 5.91 Å². The van der Waals surface area contributed by atoms with Gasteiger partial charge in [-0.15, -0.1) is 0 Å². The van der Waals surface area contributed by atoms with Crippen molar-refractivity contribution in [1.82, 2.24) is 24.6 Å². The molecule has 0 saturated heterocycles. The molecule has 6 aromatic rings. The molecule has 3 atom stereocenters. The number of amides is 1. The molecule has 0 fully saturated rings. The molecular weight excluding hydrogens is 579 g/mol. The molecule has 9 heteroatoms. The van der Waals surface area contributed by atoms with Crippen LogP contribution in [0.25, 0.3) is 43.6 Å². The van der Waals surface area contributed by atoms with Gasteiger partial charge < -0.3 is 15.3 Å². The zero-order valence-electron chi connectivity index (χ0n) is 25.7. The average molecular weight is 613 g/mol. The molecule has 0 saturated carbocycles. The molecule has 2 aliphatic carbocycles. The number of hydrogen-bond acceptors (Lipinski definition) is 6. The van der Waals surface area contributed by atoms with Crippen LogP contribution in [0.15, 0.2) is 60.9 Å². The van der Waals surface area contributed by atoms with E-state index in [1.807, 2.05) is 31.3 Å². The molecule has 0 spiro atoms. The molecule has 0 bridgehead atoms. The van der Waals surface area contributed by atoms with Gasteiger partial charge in [-0.1, -0.05) is 25.1 Å². The molecule has 9 rings (SSSR count). The summed E-state index contributed by atoms with van der Waals surface area (Å²) in [5.41, 5.74) is 6.45. The first-order valence-electron chi connectivity index (χ1n) is 16.1. The van der Waals surface area contributed by atoms with E-state index >= 15 is 4.39 Å². The van der Waals surface area contributed by atoms with Gasteiger partial charge in [0.15, 0.2) is 5.82 Å². The van der Waals surface area contributed by atoms with Gasteiger partial charge in [-0.05, 0) is 76.4 Å². The van der Waals surface area contributed by atoms with E-state index in [4.69, 9.17) is 4.98 Å². The van der Waals surface area contributed by atoms with Gasteiger partial charge >= 0.3 is 0 Å². The van der Waals surface area contributed by atoms with Gasteiger partial charge in [-0.3, -0.25) is 14.5 Å². The zero-order chi connectivity index (χ0) is 31.3. The summed E-state index contributed by atoms with van der Waals surface area (Å²) in [7, 11) is 1.81. The summed E-state index contributed by atoms with van der Waals surface area (Å²) < 4.78 is 18.1. The largest absolute Gasteiger partial charge is 0.392 e. The number of aliphatic hydroxyl groups excluding tert-OH is 1. The molecule has 1 aliphatic heterocycles. The lowest BCUT2D eigenvalue weighted by atomic mass is 9.66. The quantitative estimate of drug-likeness (QED) is 0.219. The van der Waals surface area contributed by atoms with Crippen LogP contribution in [0.1, 0.15) is 54.0 Å². The van der Waals surface area contributed by atoms with Crippen molar-refractivity contribution in [3.8, 4) is 11.1 Å². The first-order valence-corrected chi connectivity index (χ1v) is 16.1. The van der Waals surface area contributed by atoms with Crippen molar-refractivity contribution in [2.24, 2.45) is 0 Å². The van der Waals surface area contributed by atoms with Crippen LogP contribution in [0.5, 0.6) is 0 Å². The predicted molar refractivity (Wildman–Crippen MR) is 177 cm³/mol. The van der Waals surface area contributed by atoms with Crippen LogP contribution < -0.4 is 5.32 Å². The highest BCUT2D eigenvalue weighted by Gasteiger charge is 2.40. The Balaban J connectivity index is 1.22. The number of carbonyl (C=O) groups is 1. The Morgan fingerprint density at radius 2 is 1.89 bits per heavy atom. The molecule has 8 nitrogen and oxygen atoms in total. The summed E-state index contributed by atoms with van der Waals surface area (Å²) in [6, 6.07) is 15.7. The number of anilines is 2. The third kappa shape index (κ3) is 4.00. The minimum atomic E-state index is -0.554. The van der Waals surface area contributed by atoms with Gasteiger partial charge in [0.1, 0.15) is 18.2 Å². The smallest absolute Gasteiger partial charge is 0.244 e. The number of aryl methyl sites for hydroxylation is 1. The number of halogens is 1. The van der Waals surface area contributed by atoms with E-state index in [0.29, 0.717) is 29.1 Å². The van der Waals surface area contributed by atoms with E-state index in [-0.39, 0.29) is 30.1 Å². The summed E-state index contributed by atoms with van der Waals surface area (Å²) in [5.74, 6) is 0.749. The topological polar surface area (TPSA) is 96.2 Å². The standard InChI is InChI=1S/C37H33FN6O2/c1-19-32-34-24(9-8-20-5-3-6-26(33(20)34)37(19)46)25-7-4-11-39-36(25)35(32)27-13-21-15-29(40-17-22(21)14-28(27)38)41-30-16-23-10-12-43(2)31(45)18-44(23)42-30/h4,7-9,11,13-17,19,26,37,46H,3,5-6,10,12,18H2,1-2H3,(H,40,41,42)/t19-,26-,37-/m1/s1. The highest BCUT2D eigenvalue weighted by atomic mass is 19.1. The van der Waals surface area contributed by atoms with Crippen LogP contribution in [-0.4, -0.2) is 55.4 Å². The second-order valence-corrected chi connectivity index (χ2v) is 13.1. The molecule has 2 N–H and O–H groups in total. The number of carbonyl (C=O) groups excluding carboxylic acids is 1. The average Bonchev–Trinajstić information content (AvgIpc) is 3.38. The summed E-state index contributed by atoms with van der Waals surface area (Å²) in [5, 5.41) is 24.4. The van der Waals surface area contributed by atoms with E-state index in [1.54, 1.807) is 28.0 Å². The number of fused-ring (bicyclic) bond motifs is 4. The van der Waals surface area contributed by atoms with Crippen LogP contribution in [0.4, 0.5) is 16.0 Å². The van der Waals surface area contributed by atoms with Gasteiger partial charge in [0.25, 0.3) is 0 Å². The number of aliphatic hydroxyl groups is 1. The molecule has 230 valence electrons. The molecule has 3 aromatic carbocycles. The second kappa shape index (κ2) is 10.1. The van der Waals surface area contributed by atoms with Crippen LogP contribution in [0, 0.1) is 5.82 Å². The lowest BCUT2D eigenvalue weighted by Crippen LogP contribution is -2.32. The Kier molecular flexibility index (Phi) is 5.99. The third-order valence-electron chi connectivity index (χ3n) is 10.5. The highest BCUT2D eigenvalue weighted by molar-refractivity contribution is 6.16. The minimum absolute atomic E-state index is 0.0272. The Labute approximate surface area is 264 Å². The maximum atomic E-state index is 16.3. The monoisotopic (exact) mass is 612 g/mol. The molecular formula is C37H33FN6O2. The minimum Gasteiger partial charge on any atom is -0.392 e. The fourth-order valence-electron chi connectivity index (χ4n) is 8.21. The normalized spacial score (nSPS) is 20.7. The summed E-state index contributed by atoms with van der Waals surface area (Å²) in [6.45, 7) is 2.92. The first-order chi connectivity index (χ1) is 22.4. The van der Waals surface area contributed by atoms with Crippen LogP contribution >= 0.6 is 0 Å². The fraction of sp³-hybridized carbons (Fsp3) is 0.297. The summed E-state index contributed by atoms with van der Waals surface area (Å²) in [4.78, 5) is 23.5. The van der Waals surface area contributed by atoms with Gasteiger partial charge in [-0.25, -0.2) is 9.37 Å². The number of likely N-dealkylation sites (N-methyl/N-ethyl adjacent to an activating group) is 1. The number of rotatable bonds is 3. The van der Waals surface area contributed by atoms with E-state index < -0.39 is 6.10 Å². The van der Waals surface area contributed by atoms with Gasteiger partial charge in [0.05, 0.1) is 11.6 Å². The Morgan fingerprint density at radius 1 is 1.00 bits per heavy atom. The number of nitrogens with one attached hydrogen (secondary N) is 1. The second-order valence-electron chi connectivity index (χ2n) is 13.1. The molecule has 0 radical (unpaired) electrons. The summed E-state index contributed by atoms with van der Waals surface area (Å²) in [6.07, 6.45) is 6.60. The van der Waals surface area contributed by atoms with Crippen LogP contribution in [0.2, 0.25) is 0 Å². The number of hydrogen-bond donors (Lipinski definition) is 2. The Hall–Kier alpha value is -4.89. The lowest BCUT2D eigenvalue weighted by molar-refractivity contribution is -0.130. The SMILES string of the molecule is C[C@@H]1c2c(-c3cc4cc(Nc5cc6n(n5)CC(=O)N(C)CC6)ncc4cc3F)c3ncccc3c3ccc4c(c23)[C@@H](CCC4)[C@@H]1O. The molecule has 3 aromatic heterocycles. The predicted octanol–water partition coefficient (Wildman–Crippen LogP) is 6.59. The Bertz CT molecular complexity index is 2260. The van der Waals surface area contributed by atoms with Gasteiger partial charge in [-0.2, -0.15) is 5.10 Å². The number of pyridine rings is 2. The van der Waals surface area contributed by atoms with E-state index in [1.165, 1.54) is 11.1 Å². The number of aromatic nitrogens is 4. The molecule has 4 heterocycles. The third-order valence-corrected chi connectivity index (χ3v) is 10.5. The lowest BCUT2D eigenvalue weighted by Gasteiger charge is -2.40. The van der Waals surface area contributed by atoms with Crippen molar-refractivity contribution < 1.29 is 14.3 Å². The number of benzene rings is 3. The maximum Gasteiger partial charge on any atom is 0.244 e. The van der Waals surface area contributed by atoms with Crippen molar-refractivity contribution in [2.45, 2.75) is 57.1 Å². The van der Waals surface area contributed by atoms with Crippen LogP contribution in [0.3, 0.4) is 0 Å². The number of nitrogens with zero attached hydrogens (tertiary/aromatic N) is 5. The Morgan fingerprint density at radius 3 is 2.78 bits per heavy atom. The highest BCUT2D eigenvalue weighted by Crippen LogP contribution is 2.54. The van der Waals surface area contributed by atoms with Gasteiger partial charge in [0, 0.05) is 77.9 Å². The molecule has 1 amide bonds. The van der Waals surface area contributed by atoms with Crippen LogP contribution in [-0.2, 0) is 24.2 Å². The van der Waals surface area contributed by atoms with Crippen molar-refractivity contribution >= 4 is 50.0 Å². The van der Waals surface area contributed by atoms with Crippen molar-refractivity contribution in [1.29, 1.82) is 0 Å². The van der Waals surface area contributed by atoms with Crippen molar-refractivity contribution in [2.75, 3.05) is 18.9 Å².